The molecule has 0 atom stereocenters. The van der Waals surface area contributed by atoms with E-state index < -0.39 is 0 Å². The van der Waals surface area contributed by atoms with Crippen molar-refractivity contribution >= 4 is 33.6 Å². The van der Waals surface area contributed by atoms with Gasteiger partial charge in [-0.05, 0) is 23.3 Å². The SMILES string of the molecule is Cn1cc(CC(=O)NNC(=O)Cc2c[nH]c3ccccc23)c2ccccc21. The first kappa shape index (κ1) is 16.9. The summed E-state index contributed by atoms with van der Waals surface area (Å²) in [5, 5.41) is 2.05. The number of fused-ring (bicyclic) bond motifs is 2. The van der Waals surface area contributed by atoms with Gasteiger partial charge < -0.3 is 9.55 Å². The third kappa shape index (κ3) is 3.42. The number of carbonyl (C=O) groups excluding carboxylic acids is 2. The van der Waals surface area contributed by atoms with Crippen molar-refractivity contribution in [3.63, 3.8) is 0 Å². The van der Waals surface area contributed by atoms with E-state index in [4.69, 9.17) is 0 Å². The molecule has 0 saturated carbocycles. The largest absolute Gasteiger partial charge is 0.361 e. The maximum absolute atomic E-state index is 12.2. The zero-order chi connectivity index (χ0) is 18.8. The van der Waals surface area contributed by atoms with Crippen LogP contribution in [0.4, 0.5) is 0 Å². The summed E-state index contributed by atoms with van der Waals surface area (Å²) in [6.07, 6.45) is 4.16. The number of hydrogen-bond donors (Lipinski definition) is 3. The quantitative estimate of drug-likeness (QED) is 0.489. The van der Waals surface area contributed by atoms with E-state index in [0.717, 1.165) is 32.9 Å². The average Bonchev–Trinajstić information content (AvgIpc) is 3.22. The minimum atomic E-state index is -0.258. The fourth-order valence-electron chi connectivity index (χ4n) is 3.42. The first-order chi connectivity index (χ1) is 13.1. The molecule has 2 amide bonds. The summed E-state index contributed by atoms with van der Waals surface area (Å²) in [5.74, 6) is -0.510. The van der Waals surface area contributed by atoms with Crippen molar-refractivity contribution in [3.05, 3.63) is 72.1 Å². The third-order valence-electron chi connectivity index (χ3n) is 4.70. The summed E-state index contributed by atoms with van der Waals surface area (Å²) in [6, 6.07) is 15.7. The number of benzene rings is 2. The van der Waals surface area contributed by atoms with E-state index in [1.54, 1.807) is 0 Å². The molecule has 4 rings (SSSR count). The fraction of sp³-hybridized carbons (Fsp3) is 0.143. The van der Waals surface area contributed by atoms with Crippen molar-refractivity contribution < 1.29 is 9.59 Å². The highest BCUT2D eigenvalue weighted by atomic mass is 16.2. The lowest BCUT2D eigenvalue weighted by Gasteiger charge is -2.07. The van der Waals surface area contributed by atoms with Crippen LogP contribution in [-0.4, -0.2) is 21.4 Å². The number of hydrazine groups is 1. The van der Waals surface area contributed by atoms with Crippen LogP contribution in [0.2, 0.25) is 0 Å². The van der Waals surface area contributed by atoms with Crippen LogP contribution in [-0.2, 0) is 29.5 Å². The number of aromatic amines is 1. The number of nitrogens with one attached hydrogen (secondary N) is 3. The van der Waals surface area contributed by atoms with Gasteiger partial charge in [-0.15, -0.1) is 0 Å². The van der Waals surface area contributed by atoms with E-state index >= 15 is 0 Å². The number of H-pyrrole nitrogens is 1. The monoisotopic (exact) mass is 360 g/mol. The molecule has 2 aromatic carbocycles. The topological polar surface area (TPSA) is 78.9 Å². The standard InChI is InChI=1S/C21H20N4O2/c1-25-13-15(17-7-3-5-9-19(17)25)11-21(27)24-23-20(26)10-14-12-22-18-8-4-2-6-16(14)18/h2-9,12-13,22H,10-11H2,1H3,(H,23,26)(H,24,27). The molecule has 0 radical (unpaired) electrons. The van der Waals surface area contributed by atoms with Crippen LogP contribution in [0, 0.1) is 0 Å². The Bertz CT molecular complexity index is 1140. The van der Waals surface area contributed by atoms with Crippen molar-refractivity contribution in [1.82, 2.24) is 20.4 Å². The Hall–Kier alpha value is -3.54. The lowest BCUT2D eigenvalue weighted by molar-refractivity contribution is -0.128. The van der Waals surface area contributed by atoms with Crippen LogP contribution in [0.3, 0.4) is 0 Å². The highest BCUT2D eigenvalue weighted by Crippen LogP contribution is 2.20. The number of hydrogen-bond acceptors (Lipinski definition) is 2. The predicted molar refractivity (Wildman–Crippen MR) is 105 cm³/mol. The van der Waals surface area contributed by atoms with Crippen LogP contribution in [0.15, 0.2) is 60.9 Å². The Kier molecular flexibility index (Phi) is 4.38. The lowest BCUT2D eigenvalue weighted by Crippen LogP contribution is -2.43. The number of para-hydroxylation sites is 2. The molecule has 2 aromatic heterocycles. The van der Waals surface area contributed by atoms with Crippen molar-refractivity contribution in [1.29, 1.82) is 0 Å². The van der Waals surface area contributed by atoms with Gasteiger partial charge in [0.15, 0.2) is 0 Å². The van der Waals surface area contributed by atoms with Crippen LogP contribution in [0.5, 0.6) is 0 Å². The lowest BCUT2D eigenvalue weighted by atomic mass is 10.1. The summed E-state index contributed by atoms with van der Waals surface area (Å²) >= 11 is 0. The summed E-state index contributed by atoms with van der Waals surface area (Å²) in [6.45, 7) is 0. The van der Waals surface area contributed by atoms with E-state index in [9.17, 15) is 9.59 Å². The Morgan fingerprint density at radius 2 is 1.52 bits per heavy atom. The second-order valence-electron chi connectivity index (χ2n) is 6.59. The molecule has 0 aliphatic rings. The van der Waals surface area contributed by atoms with Gasteiger partial charge in [-0.1, -0.05) is 36.4 Å². The maximum Gasteiger partial charge on any atom is 0.242 e. The smallest absolute Gasteiger partial charge is 0.242 e. The van der Waals surface area contributed by atoms with E-state index in [1.807, 2.05) is 72.5 Å². The van der Waals surface area contributed by atoms with Crippen LogP contribution in [0.1, 0.15) is 11.1 Å². The highest BCUT2D eigenvalue weighted by Gasteiger charge is 2.12. The number of nitrogens with zero attached hydrogens (tertiary/aromatic N) is 1. The number of aromatic nitrogens is 2. The summed E-state index contributed by atoms with van der Waals surface area (Å²) < 4.78 is 1.99. The summed E-state index contributed by atoms with van der Waals surface area (Å²) in [4.78, 5) is 27.6. The molecule has 0 aliphatic heterocycles. The molecule has 0 aliphatic carbocycles. The zero-order valence-corrected chi connectivity index (χ0v) is 15.0. The van der Waals surface area contributed by atoms with Crippen LogP contribution < -0.4 is 10.9 Å². The van der Waals surface area contributed by atoms with Gasteiger partial charge in [-0.3, -0.25) is 20.4 Å². The van der Waals surface area contributed by atoms with E-state index in [2.05, 4.69) is 15.8 Å². The molecule has 4 aromatic rings. The zero-order valence-electron chi connectivity index (χ0n) is 15.0. The summed E-state index contributed by atoms with van der Waals surface area (Å²) in [5.41, 5.74) is 8.89. The van der Waals surface area contributed by atoms with Gasteiger partial charge in [-0.25, -0.2) is 0 Å². The molecule has 2 heterocycles. The van der Waals surface area contributed by atoms with E-state index in [1.165, 1.54) is 0 Å². The van der Waals surface area contributed by atoms with Gasteiger partial charge in [-0.2, -0.15) is 0 Å². The Morgan fingerprint density at radius 3 is 2.30 bits per heavy atom. The molecule has 0 bridgehead atoms. The van der Waals surface area contributed by atoms with Gasteiger partial charge >= 0.3 is 0 Å². The van der Waals surface area contributed by atoms with Crippen molar-refractivity contribution in [3.8, 4) is 0 Å². The Morgan fingerprint density at radius 1 is 0.889 bits per heavy atom. The molecule has 6 heteroatoms. The normalized spacial score (nSPS) is 11.0. The molecule has 0 spiro atoms. The molecule has 27 heavy (non-hydrogen) atoms. The van der Waals surface area contributed by atoms with E-state index in [-0.39, 0.29) is 24.7 Å². The predicted octanol–water partition coefficient (Wildman–Crippen LogP) is 2.59. The minimum absolute atomic E-state index is 0.193. The van der Waals surface area contributed by atoms with Gasteiger partial charge in [0.2, 0.25) is 11.8 Å². The Labute approximate surface area is 156 Å². The number of amides is 2. The van der Waals surface area contributed by atoms with E-state index in [0.29, 0.717) is 0 Å². The Balaban J connectivity index is 1.36. The van der Waals surface area contributed by atoms with Gasteiger partial charge in [0.25, 0.3) is 0 Å². The first-order valence-corrected chi connectivity index (χ1v) is 8.77. The first-order valence-electron chi connectivity index (χ1n) is 8.77. The maximum atomic E-state index is 12.2. The van der Waals surface area contributed by atoms with Gasteiger partial charge in [0.1, 0.15) is 0 Å². The van der Waals surface area contributed by atoms with Gasteiger partial charge in [0, 0.05) is 41.2 Å². The van der Waals surface area contributed by atoms with Crippen LogP contribution in [0.25, 0.3) is 21.8 Å². The molecular formula is C21H20N4O2. The molecule has 3 N–H and O–H groups in total. The fourth-order valence-corrected chi connectivity index (χ4v) is 3.42. The van der Waals surface area contributed by atoms with Crippen LogP contribution >= 0.6 is 0 Å². The van der Waals surface area contributed by atoms with Crippen molar-refractivity contribution in [2.24, 2.45) is 7.05 Å². The number of carbonyl (C=O) groups is 2. The highest BCUT2D eigenvalue weighted by molar-refractivity contribution is 5.92. The molecule has 0 saturated heterocycles. The number of rotatable bonds is 4. The van der Waals surface area contributed by atoms with Gasteiger partial charge in [0.05, 0.1) is 12.8 Å². The second kappa shape index (κ2) is 6.99. The number of aryl methyl sites for hydroxylation is 1. The molecular weight excluding hydrogens is 340 g/mol. The molecule has 0 unspecified atom stereocenters. The molecule has 136 valence electrons. The van der Waals surface area contributed by atoms with Crippen molar-refractivity contribution in [2.45, 2.75) is 12.8 Å². The molecule has 0 fully saturated rings. The summed E-state index contributed by atoms with van der Waals surface area (Å²) in [7, 11) is 1.95. The molecule has 6 nitrogen and oxygen atoms in total. The van der Waals surface area contributed by atoms with Crippen molar-refractivity contribution in [2.75, 3.05) is 0 Å². The second-order valence-corrected chi connectivity index (χ2v) is 6.59. The average molecular weight is 360 g/mol. The third-order valence-corrected chi connectivity index (χ3v) is 4.70. The minimum Gasteiger partial charge on any atom is -0.361 e.